The quantitative estimate of drug-likeness (QED) is 0.716. The molecule has 6 nitrogen and oxygen atoms in total. The molecule has 0 amide bonds. The van der Waals surface area contributed by atoms with Gasteiger partial charge in [0.25, 0.3) is 0 Å². The van der Waals surface area contributed by atoms with Gasteiger partial charge in [-0.3, -0.25) is 0 Å². The number of para-hydroxylation sites is 1. The molecule has 0 aliphatic heterocycles. The van der Waals surface area contributed by atoms with Crippen LogP contribution in [0.4, 0.5) is 0 Å². The molecule has 0 fully saturated rings. The summed E-state index contributed by atoms with van der Waals surface area (Å²) in [5.41, 5.74) is 2.07. The highest BCUT2D eigenvalue weighted by Crippen LogP contribution is 2.33. The number of carbonyl (C=O) groups is 1. The summed E-state index contributed by atoms with van der Waals surface area (Å²) in [6, 6.07) is 8.69. The second-order valence-corrected chi connectivity index (χ2v) is 5.25. The number of esters is 1. The number of rotatable bonds is 7. The van der Waals surface area contributed by atoms with Crippen molar-refractivity contribution in [1.29, 1.82) is 0 Å². The third-order valence-electron chi connectivity index (χ3n) is 3.82. The predicted molar refractivity (Wildman–Crippen MR) is 92.9 cm³/mol. The average molecular weight is 346 g/mol. The van der Waals surface area contributed by atoms with Crippen molar-refractivity contribution < 1.29 is 28.5 Å². The lowest BCUT2D eigenvalue weighted by Crippen LogP contribution is -2.09. The number of hydrogen-bond acceptors (Lipinski definition) is 6. The van der Waals surface area contributed by atoms with E-state index in [9.17, 15) is 4.79 Å². The smallest absolute Gasteiger partial charge is 0.342 e. The van der Waals surface area contributed by atoms with Crippen LogP contribution in [0, 0.1) is 6.92 Å². The second-order valence-electron chi connectivity index (χ2n) is 5.25. The van der Waals surface area contributed by atoms with Crippen LogP contribution in [0.3, 0.4) is 0 Å². The Morgan fingerprint density at radius 2 is 1.52 bits per heavy atom. The summed E-state index contributed by atoms with van der Waals surface area (Å²) < 4.78 is 26.5. The summed E-state index contributed by atoms with van der Waals surface area (Å²) in [6.45, 7) is 2.02. The molecule has 25 heavy (non-hydrogen) atoms. The summed E-state index contributed by atoms with van der Waals surface area (Å²) in [7, 11) is 6.13. The molecule has 6 heteroatoms. The second kappa shape index (κ2) is 8.28. The Balaban J connectivity index is 2.21. The van der Waals surface area contributed by atoms with Gasteiger partial charge >= 0.3 is 5.97 Å². The van der Waals surface area contributed by atoms with Gasteiger partial charge < -0.3 is 23.7 Å². The standard InChI is InChI=1S/C19H22O6/c1-12-9-16(22-3)17(23-4)10-13(12)11-25-19(20)14-7-6-8-15(21-2)18(14)24-5/h6-10H,11H2,1-5H3. The van der Waals surface area contributed by atoms with E-state index in [0.717, 1.165) is 11.1 Å². The van der Waals surface area contributed by atoms with Crippen molar-refractivity contribution in [3.05, 3.63) is 47.0 Å². The molecule has 0 saturated heterocycles. The van der Waals surface area contributed by atoms with E-state index in [1.54, 1.807) is 38.5 Å². The normalized spacial score (nSPS) is 10.1. The number of methoxy groups -OCH3 is 4. The van der Waals surface area contributed by atoms with Gasteiger partial charge in [0, 0.05) is 0 Å². The Hall–Kier alpha value is -2.89. The average Bonchev–Trinajstić information content (AvgIpc) is 2.65. The Labute approximate surface area is 147 Å². The van der Waals surface area contributed by atoms with E-state index in [2.05, 4.69) is 0 Å². The van der Waals surface area contributed by atoms with Gasteiger partial charge in [-0.1, -0.05) is 6.07 Å². The molecule has 0 heterocycles. The maximum Gasteiger partial charge on any atom is 0.342 e. The highest BCUT2D eigenvalue weighted by Gasteiger charge is 2.18. The van der Waals surface area contributed by atoms with Crippen LogP contribution in [0.2, 0.25) is 0 Å². The summed E-state index contributed by atoms with van der Waals surface area (Å²) >= 11 is 0. The third-order valence-corrected chi connectivity index (χ3v) is 3.82. The molecule has 0 aromatic heterocycles. The topological polar surface area (TPSA) is 63.2 Å². The Morgan fingerprint density at radius 3 is 2.12 bits per heavy atom. The van der Waals surface area contributed by atoms with E-state index >= 15 is 0 Å². The van der Waals surface area contributed by atoms with Crippen molar-refractivity contribution in [2.24, 2.45) is 0 Å². The number of aryl methyl sites for hydroxylation is 1. The van der Waals surface area contributed by atoms with Crippen LogP contribution >= 0.6 is 0 Å². The molecule has 0 bridgehead atoms. The van der Waals surface area contributed by atoms with Crippen LogP contribution < -0.4 is 18.9 Å². The Morgan fingerprint density at radius 1 is 0.880 bits per heavy atom. The molecule has 134 valence electrons. The van der Waals surface area contributed by atoms with Crippen molar-refractivity contribution in [1.82, 2.24) is 0 Å². The summed E-state index contributed by atoms with van der Waals surface area (Å²) in [6.07, 6.45) is 0. The lowest BCUT2D eigenvalue weighted by Gasteiger charge is -2.14. The van der Waals surface area contributed by atoms with Crippen molar-refractivity contribution in [3.8, 4) is 23.0 Å². The Kier molecular flexibility index (Phi) is 6.11. The number of ether oxygens (including phenoxy) is 5. The fraction of sp³-hybridized carbons (Fsp3) is 0.316. The number of hydrogen-bond donors (Lipinski definition) is 0. The van der Waals surface area contributed by atoms with Crippen molar-refractivity contribution in [3.63, 3.8) is 0 Å². The molecule has 0 radical (unpaired) electrons. The molecular formula is C19H22O6. The van der Waals surface area contributed by atoms with Gasteiger partial charge in [-0.2, -0.15) is 0 Å². The molecule has 0 N–H and O–H groups in total. The van der Waals surface area contributed by atoms with Gasteiger partial charge in [0.15, 0.2) is 23.0 Å². The lowest BCUT2D eigenvalue weighted by molar-refractivity contribution is 0.0467. The largest absolute Gasteiger partial charge is 0.493 e. The predicted octanol–water partition coefficient (Wildman–Crippen LogP) is 3.39. The monoisotopic (exact) mass is 346 g/mol. The number of carbonyl (C=O) groups excluding carboxylic acids is 1. The van der Waals surface area contributed by atoms with Gasteiger partial charge in [0.05, 0.1) is 28.4 Å². The molecule has 0 spiro atoms. The first-order valence-electron chi connectivity index (χ1n) is 7.65. The molecule has 0 aliphatic rings. The summed E-state index contributed by atoms with van der Waals surface area (Å²) in [5, 5.41) is 0. The summed E-state index contributed by atoms with van der Waals surface area (Å²) in [4.78, 5) is 12.4. The molecule has 0 saturated carbocycles. The molecule has 2 aromatic carbocycles. The van der Waals surface area contributed by atoms with Gasteiger partial charge in [-0.15, -0.1) is 0 Å². The van der Waals surface area contributed by atoms with Crippen LogP contribution in [0.15, 0.2) is 30.3 Å². The lowest BCUT2D eigenvalue weighted by atomic mass is 10.1. The van der Waals surface area contributed by atoms with Gasteiger partial charge in [-0.25, -0.2) is 4.79 Å². The van der Waals surface area contributed by atoms with Crippen LogP contribution in [0.5, 0.6) is 23.0 Å². The molecule has 2 aromatic rings. The molecular weight excluding hydrogens is 324 g/mol. The minimum Gasteiger partial charge on any atom is -0.493 e. The molecule has 0 unspecified atom stereocenters. The van der Waals surface area contributed by atoms with Crippen molar-refractivity contribution in [2.75, 3.05) is 28.4 Å². The maximum atomic E-state index is 12.4. The highest BCUT2D eigenvalue weighted by molar-refractivity contribution is 5.93. The molecule has 2 rings (SSSR count). The first-order chi connectivity index (χ1) is 12.0. The first-order valence-corrected chi connectivity index (χ1v) is 7.65. The van der Waals surface area contributed by atoms with Crippen molar-refractivity contribution in [2.45, 2.75) is 13.5 Å². The highest BCUT2D eigenvalue weighted by atomic mass is 16.5. The zero-order valence-electron chi connectivity index (χ0n) is 15.0. The minimum atomic E-state index is -0.495. The van der Waals surface area contributed by atoms with E-state index in [1.807, 2.05) is 13.0 Å². The molecule has 0 atom stereocenters. The van der Waals surface area contributed by atoms with E-state index < -0.39 is 5.97 Å². The zero-order valence-corrected chi connectivity index (χ0v) is 15.0. The van der Waals surface area contributed by atoms with Crippen molar-refractivity contribution >= 4 is 5.97 Å². The van der Waals surface area contributed by atoms with E-state index in [4.69, 9.17) is 23.7 Å². The fourth-order valence-electron chi connectivity index (χ4n) is 2.45. The first kappa shape index (κ1) is 18.4. The number of benzene rings is 2. The van der Waals surface area contributed by atoms with Gasteiger partial charge in [0.2, 0.25) is 0 Å². The summed E-state index contributed by atoms with van der Waals surface area (Å²) in [5.74, 6) is 1.53. The van der Waals surface area contributed by atoms with Crippen LogP contribution in [0.25, 0.3) is 0 Å². The fourth-order valence-corrected chi connectivity index (χ4v) is 2.45. The van der Waals surface area contributed by atoms with Gasteiger partial charge in [0.1, 0.15) is 12.2 Å². The maximum absolute atomic E-state index is 12.4. The van der Waals surface area contributed by atoms with Crippen LogP contribution in [-0.2, 0) is 11.3 Å². The molecule has 0 aliphatic carbocycles. The zero-order chi connectivity index (χ0) is 18.4. The SMILES string of the molecule is COc1cc(C)c(COC(=O)c2cccc(OC)c2OC)cc1OC. The van der Waals surface area contributed by atoms with E-state index in [0.29, 0.717) is 28.6 Å². The van der Waals surface area contributed by atoms with Crippen LogP contribution in [-0.4, -0.2) is 34.4 Å². The van der Waals surface area contributed by atoms with E-state index in [1.165, 1.54) is 14.2 Å². The van der Waals surface area contributed by atoms with Gasteiger partial charge in [-0.05, 0) is 42.3 Å². The van der Waals surface area contributed by atoms with E-state index in [-0.39, 0.29) is 6.61 Å². The Bertz CT molecular complexity index is 754. The third kappa shape index (κ3) is 3.96. The van der Waals surface area contributed by atoms with Crippen LogP contribution in [0.1, 0.15) is 21.5 Å². The minimum absolute atomic E-state index is 0.103.